The van der Waals surface area contributed by atoms with Crippen molar-refractivity contribution < 1.29 is 33.9 Å². The Labute approximate surface area is 257 Å². The number of hydrogen-bond donors (Lipinski definition) is 0. The highest BCUT2D eigenvalue weighted by molar-refractivity contribution is 7.13. The lowest BCUT2D eigenvalue weighted by Crippen LogP contribution is -3.00. The lowest BCUT2D eigenvalue weighted by molar-refractivity contribution is -0.677. The summed E-state index contributed by atoms with van der Waals surface area (Å²) in [5, 5.41) is 23.5. The van der Waals surface area contributed by atoms with Gasteiger partial charge < -0.3 is 34.6 Å². The molecule has 4 aromatic rings. The van der Waals surface area contributed by atoms with E-state index in [2.05, 4.69) is 91.6 Å². The van der Waals surface area contributed by atoms with Gasteiger partial charge in [-0.2, -0.15) is 0 Å². The van der Waals surface area contributed by atoms with Gasteiger partial charge in [0.1, 0.15) is 23.8 Å². The van der Waals surface area contributed by atoms with Crippen LogP contribution >= 0.6 is 22.7 Å². The van der Waals surface area contributed by atoms with Crippen LogP contribution in [0.15, 0.2) is 92.1 Å². The summed E-state index contributed by atoms with van der Waals surface area (Å²) in [5.74, 6) is 0. The molecule has 0 N–H and O–H groups in total. The number of halogens is 2. The molecule has 0 unspecified atom stereocenters. The maximum Gasteiger partial charge on any atom is 0.408 e. The Balaban J connectivity index is 0.00000280. The van der Waals surface area contributed by atoms with Crippen molar-refractivity contribution in [1.29, 1.82) is 0 Å². The molecule has 0 amide bonds. The van der Waals surface area contributed by atoms with Gasteiger partial charge >= 0.3 is 10.3 Å². The molecule has 0 aliphatic rings. The van der Waals surface area contributed by atoms with E-state index in [0.29, 0.717) is 0 Å². The van der Waals surface area contributed by atoms with Crippen LogP contribution in [0, 0.1) is 0 Å². The fraction of sp³-hybridized carbons (Fsp3) is 0.357. The van der Waals surface area contributed by atoms with Crippen molar-refractivity contribution in [2.75, 3.05) is 37.0 Å². The molecule has 0 fully saturated rings. The summed E-state index contributed by atoms with van der Waals surface area (Å²) in [4.78, 5) is 4.59. The van der Waals surface area contributed by atoms with Crippen LogP contribution in [0.25, 0.3) is 0 Å². The molecule has 8 nitrogen and oxygen atoms in total. The number of hydrogen-bond acceptors (Lipinski definition) is 8. The SMILES string of the molecule is CC[n+]1ccsc1N=Nc1ccc(N(C)CCCCN(C)c2ccc(N=Nc3scc[n+]3CC)cc2)cc1.[Cl-].[Cl-]. The highest BCUT2D eigenvalue weighted by atomic mass is 35.5. The second kappa shape index (κ2) is 17.0. The van der Waals surface area contributed by atoms with Crippen LogP contribution in [0.2, 0.25) is 0 Å². The summed E-state index contributed by atoms with van der Waals surface area (Å²) in [7, 11) is 4.28. The highest BCUT2D eigenvalue weighted by Crippen LogP contribution is 2.24. The van der Waals surface area contributed by atoms with E-state index in [1.54, 1.807) is 22.7 Å². The Bertz CT molecular complexity index is 1230. The molecule has 214 valence electrons. The van der Waals surface area contributed by atoms with Gasteiger partial charge in [-0.3, -0.25) is 0 Å². The van der Waals surface area contributed by atoms with E-state index < -0.39 is 0 Å². The molecule has 0 saturated heterocycles. The highest BCUT2D eigenvalue weighted by Gasteiger charge is 2.11. The number of unbranched alkanes of at least 4 members (excludes halogenated alkanes) is 1. The molecule has 12 heteroatoms. The molecule has 0 aliphatic heterocycles. The zero-order chi connectivity index (χ0) is 26.7. The number of anilines is 2. The lowest BCUT2D eigenvalue weighted by Gasteiger charge is -2.22. The summed E-state index contributed by atoms with van der Waals surface area (Å²) >= 11 is 3.20. The van der Waals surface area contributed by atoms with Crippen molar-refractivity contribution in [1.82, 2.24) is 0 Å². The summed E-state index contributed by atoms with van der Waals surface area (Å²) in [5.41, 5.74) is 4.11. The van der Waals surface area contributed by atoms with Crippen molar-refractivity contribution in [2.45, 2.75) is 39.8 Å². The molecular weight excluding hydrogens is 583 g/mol. The first-order valence-corrected chi connectivity index (χ1v) is 14.7. The number of rotatable bonds is 13. The average molecular weight is 620 g/mol. The summed E-state index contributed by atoms with van der Waals surface area (Å²) in [6, 6.07) is 16.6. The molecule has 0 atom stereocenters. The molecule has 0 saturated carbocycles. The lowest BCUT2D eigenvalue weighted by atomic mass is 10.2. The van der Waals surface area contributed by atoms with Gasteiger partial charge in [-0.15, -0.1) is 0 Å². The van der Waals surface area contributed by atoms with Gasteiger partial charge in [0.2, 0.25) is 0 Å². The molecule has 0 radical (unpaired) electrons. The smallest absolute Gasteiger partial charge is 0.408 e. The van der Waals surface area contributed by atoms with Crippen LogP contribution in [0.4, 0.5) is 33.0 Å². The molecule has 2 heterocycles. The molecule has 40 heavy (non-hydrogen) atoms. The second-order valence-electron chi connectivity index (χ2n) is 8.93. The van der Waals surface area contributed by atoms with E-state index in [1.807, 2.05) is 47.4 Å². The zero-order valence-corrected chi connectivity index (χ0v) is 26.5. The minimum Gasteiger partial charge on any atom is -1.00 e. The number of nitrogens with zero attached hydrogens (tertiary/aromatic N) is 8. The monoisotopic (exact) mass is 618 g/mol. The third-order valence-corrected chi connectivity index (χ3v) is 7.89. The first kappa shape index (κ1) is 33.3. The Hall–Kier alpha value is -2.92. The van der Waals surface area contributed by atoms with E-state index in [0.717, 1.165) is 60.7 Å². The van der Waals surface area contributed by atoms with Gasteiger partial charge in [0.15, 0.2) is 0 Å². The van der Waals surface area contributed by atoms with E-state index in [9.17, 15) is 0 Å². The number of azo groups is 2. The Morgan fingerprint density at radius 2 is 0.975 bits per heavy atom. The van der Waals surface area contributed by atoms with Crippen molar-refractivity contribution in [3.8, 4) is 0 Å². The number of aromatic nitrogens is 2. The Kier molecular flexibility index (Phi) is 14.2. The maximum absolute atomic E-state index is 4.39. The third kappa shape index (κ3) is 9.33. The van der Waals surface area contributed by atoms with Crippen molar-refractivity contribution >= 4 is 55.7 Å². The van der Waals surface area contributed by atoms with Crippen molar-refractivity contribution in [3.05, 3.63) is 71.7 Å². The Morgan fingerprint density at radius 3 is 1.32 bits per heavy atom. The first-order chi connectivity index (χ1) is 18.6. The van der Waals surface area contributed by atoms with Gasteiger partial charge in [-0.05, 0) is 108 Å². The fourth-order valence-corrected chi connectivity index (χ4v) is 5.43. The minimum atomic E-state index is 0. The minimum absolute atomic E-state index is 0. The van der Waals surface area contributed by atoms with Crippen LogP contribution in [0.3, 0.4) is 0 Å². The van der Waals surface area contributed by atoms with E-state index >= 15 is 0 Å². The molecule has 4 rings (SSSR count). The largest absolute Gasteiger partial charge is 1.00 e. The van der Waals surface area contributed by atoms with Gasteiger partial charge in [-0.1, -0.05) is 0 Å². The van der Waals surface area contributed by atoms with Gasteiger partial charge in [0.25, 0.3) is 0 Å². The van der Waals surface area contributed by atoms with E-state index in [1.165, 1.54) is 11.4 Å². The van der Waals surface area contributed by atoms with Crippen molar-refractivity contribution in [3.63, 3.8) is 0 Å². The number of aryl methyl sites for hydroxylation is 2. The average Bonchev–Trinajstić information content (AvgIpc) is 3.62. The van der Waals surface area contributed by atoms with E-state index in [-0.39, 0.29) is 24.8 Å². The molecule has 0 aliphatic carbocycles. The molecule has 0 spiro atoms. The van der Waals surface area contributed by atoms with Crippen LogP contribution in [0.5, 0.6) is 0 Å². The van der Waals surface area contributed by atoms with Crippen molar-refractivity contribution in [2.24, 2.45) is 20.5 Å². The molecular formula is C28H36Cl2N8S2. The fourth-order valence-electron chi connectivity index (χ4n) is 3.94. The Morgan fingerprint density at radius 1 is 0.600 bits per heavy atom. The zero-order valence-electron chi connectivity index (χ0n) is 23.3. The maximum atomic E-state index is 4.39. The normalized spacial score (nSPS) is 11.0. The van der Waals surface area contributed by atoms with Gasteiger partial charge in [0, 0.05) is 49.3 Å². The predicted octanol–water partition coefficient (Wildman–Crippen LogP) is 1.62. The summed E-state index contributed by atoms with van der Waals surface area (Å²) in [6.45, 7) is 8.00. The van der Waals surface area contributed by atoms with Gasteiger partial charge in [0.05, 0.1) is 23.3 Å². The number of thiazole rings is 2. The van der Waals surface area contributed by atoms with Crippen LogP contribution < -0.4 is 43.7 Å². The predicted molar refractivity (Wildman–Crippen MR) is 157 cm³/mol. The first-order valence-electron chi connectivity index (χ1n) is 13.0. The summed E-state index contributed by atoms with van der Waals surface area (Å²) in [6.07, 6.45) is 6.30. The number of benzene rings is 2. The third-order valence-electron chi connectivity index (χ3n) is 6.32. The van der Waals surface area contributed by atoms with Crippen LogP contribution in [-0.4, -0.2) is 27.2 Å². The molecule has 2 aromatic carbocycles. The van der Waals surface area contributed by atoms with Gasteiger partial charge in [-0.25, -0.2) is 9.13 Å². The molecule has 2 aromatic heterocycles. The quantitative estimate of drug-likeness (QED) is 0.130. The van der Waals surface area contributed by atoms with E-state index in [4.69, 9.17) is 0 Å². The standard InChI is InChI=1S/C28H36N8S2.2ClH/c1-5-35-19-21-37-27(35)31-29-23-9-13-25(14-10-23)33(3)17-7-8-18-34(4)26-15-11-24(12-16-26)30-32-28-36(6-2)20-22-38-28;;/h9-16,19-22H,5-8,17-18H2,1-4H3;2*1H/q+2;;/p-2. The topological polar surface area (TPSA) is 63.7 Å². The van der Waals surface area contributed by atoms with Crippen LogP contribution in [0.1, 0.15) is 26.7 Å². The van der Waals surface area contributed by atoms with Crippen LogP contribution in [-0.2, 0) is 13.1 Å². The second-order valence-corrected chi connectivity index (χ2v) is 10.7. The summed E-state index contributed by atoms with van der Waals surface area (Å²) < 4.78 is 4.17. The molecule has 0 bridgehead atoms.